The highest BCUT2D eigenvalue weighted by Gasteiger charge is 2.33. The van der Waals surface area contributed by atoms with Gasteiger partial charge in [-0.1, -0.05) is 12.1 Å². The largest absolute Gasteiger partial charge is 0.381 e. The van der Waals surface area contributed by atoms with Gasteiger partial charge in [-0.15, -0.1) is 0 Å². The first-order valence-electron chi connectivity index (χ1n) is 7.12. The van der Waals surface area contributed by atoms with E-state index in [0.717, 1.165) is 5.56 Å². The molecule has 0 fully saturated rings. The lowest BCUT2D eigenvalue weighted by atomic mass is 9.96. The van der Waals surface area contributed by atoms with Crippen LogP contribution >= 0.6 is 0 Å². The second-order valence-corrected chi connectivity index (χ2v) is 6.16. The fourth-order valence-electron chi connectivity index (χ4n) is 2.71. The van der Waals surface area contributed by atoms with E-state index < -0.39 is 11.6 Å². The topological polar surface area (TPSA) is 15.3 Å². The molecule has 2 aromatic rings. The van der Waals surface area contributed by atoms with Gasteiger partial charge in [-0.05, 0) is 31.5 Å². The van der Waals surface area contributed by atoms with Crippen LogP contribution in [-0.4, -0.2) is 12.1 Å². The van der Waals surface area contributed by atoms with Gasteiger partial charge in [-0.3, -0.25) is 0 Å². The van der Waals surface area contributed by atoms with E-state index in [0.29, 0.717) is 24.5 Å². The van der Waals surface area contributed by atoms with Crippen molar-refractivity contribution in [2.75, 3.05) is 16.8 Å². The molecule has 0 saturated carbocycles. The monoisotopic (exact) mass is 306 g/mol. The molecule has 22 heavy (non-hydrogen) atoms. The molecule has 0 radical (unpaired) electrons. The van der Waals surface area contributed by atoms with E-state index in [2.05, 4.69) is 5.32 Å². The van der Waals surface area contributed by atoms with Gasteiger partial charge in [0.15, 0.2) is 11.6 Å². The van der Waals surface area contributed by atoms with Gasteiger partial charge in [0.2, 0.25) is 0 Å². The number of hydrogen-bond donors (Lipinski definition) is 1. The summed E-state index contributed by atoms with van der Waals surface area (Å²) in [4.78, 5) is 2.01. The number of fused-ring (bicyclic) bond motifs is 1. The molecule has 1 N–H and O–H groups in total. The molecule has 116 valence electrons. The van der Waals surface area contributed by atoms with Crippen molar-refractivity contribution in [3.8, 4) is 0 Å². The Hall–Kier alpha value is -2.17. The first-order chi connectivity index (χ1) is 10.4. The zero-order valence-corrected chi connectivity index (χ0v) is 12.5. The quantitative estimate of drug-likeness (QED) is 0.889. The fraction of sp³-hybridized carbons (Fsp3) is 0.294. The summed E-state index contributed by atoms with van der Waals surface area (Å²) in [7, 11) is 0. The van der Waals surface area contributed by atoms with E-state index in [9.17, 15) is 13.2 Å². The van der Waals surface area contributed by atoms with Gasteiger partial charge in [0.05, 0.1) is 16.9 Å². The molecule has 5 heteroatoms. The number of anilines is 2. The van der Waals surface area contributed by atoms with Crippen molar-refractivity contribution in [3.63, 3.8) is 0 Å². The molecule has 0 spiro atoms. The van der Waals surface area contributed by atoms with Crippen molar-refractivity contribution in [1.82, 2.24) is 0 Å². The molecule has 3 rings (SSSR count). The third-order valence-corrected chi connectivity index (χ3v) is 4.03. The van der Waals surface area contributed by atoms with E-state index in [1.807, 2.05) is 18.7 Å². The van der Waals surface area contributed by atoms with Crippen LogP contribution in [0, 0.1) is 17.5 Å². The summed E-state index contributed by atoms with van der Waals surface area (Å²) < 4.78 is 40.1. The maximum Gasteiger partial charge on any atom is 0.161 e. The molecule has 1 aliphatic rings. The van der Waals surface area contributed by atoms with E-state index in [4.69, 9.17) is 0 Å². The number of nitrogens with zero attached hydrogens (tertiary/aromatic N) is 1. The zero-order chi connectivity index (χ0) is 15.9. The van der Waals surface area contributed by atoms with Gasteiger partial charge < -0.3 is 10.2 Å². The van der Waals surface area contributed by atoms with Crippen LogP contribution < -0.4 is 10.2 Å². The standard InChI is InChI=1S/C17H17F3N2/c1-17(2)10-21-15-7-13(19)14(20)8-16(15)22(17)9-11-3-5-12(18)6-4-11/h3-8,21H,9-10H2,1-2H3. The van der Waals surface area contributed by atoms with E-state index in [-0.39, 0.29) is 11.4 Å². The molecule has 0 aromatic heterocycles. The van der Waals surface area contributed by atoms with Crippen LogP contribution in [0.3, 0.4) is 0 Å². The number of nitrogens with one attached hydrogen (secondary N) is 1. The molecule has 0 amide bonds. The first-order valence-corrected chi connectivity index (χ1v) is 7.12. The highest BCUT2D eigenvalue weighted by Crippen LogP contribution is 2.38. The Morgan fingerprint density at radius 2 is 1.68 bits per heavy atom. The summed E-state index contributed by atoms with van der Waals surface area (Å²) in [6.07, 6.45) is 0. The summed E-state index contributed by atoms with van der Waals surface area (Å²) in [5.74, 6) is -2.04. The van der Waals surface area contributed by atoms with E-state index in [1.54, 1.807) is 12.1 Å². The van der Waals surface area contributed by atoms with Gasteiger partial charge in [-0.25, -0.2) is 13.2 Å². The van der Waals surface area contributed by atoms with E-state index in [1.165, 1.54) is 24.3 Å². The molecule has 2 aromatic carbocycles. The van der Waals surface area contributed by atoms with Crippen LogP contribution in [-0.2, 0) is 6.54 Å². The third-order valence-electron chi connectivity index (χ3n) is 4.03. The third kappa shape index (κ3) is 2.63. The van der Waals surface area contributed by atoms with Crippen LogP contribution in [0.2, 0.25) is 0 Å². The lowest BCUT2D eigenvalue weighted by Gasteiger charge is -2.45. The number of benzene rings is 2. The molecular weight excluding hydrogens is 289 g/mol. The lowest BCUT2D eigenvalue weighted by molar-refractivity contribution is 0.462. The minimum Gasteiger partial charge on any atom is -0.381 e. The van der Waals surface area contributed by atoms with E-state index >= 15 is 0 Å². The fourth-order valence-corrected chi connectivity index (χ4v) is 2.71. The summed E-state index contributed by atoms with van der Waals surface area (Å²) in [5.41, 5.74) is 1.80. The van der Waals surface area contributed by atoms with Crippen LogP contribution in [0.25, 0.3) is 0 Å². The second-order valence-electron chi connectivity index (χ2n) is 6.16. The van der Waals surface area contributed by atoms with Crippen molar-refractivity contribution in [1.29, 1.82) is 0 Å². The summed E-state index contributed by atoms with van der Waals surface area (Å²) in [5, 5.41) is 3.14. The zero-order valence-electron chi connectivity index (χ0n) is 12.5. The SMILES string of the molecule is CC1(C)CNc2cc(F)c(F)cc2N1Cc1ccc(F)cc1. The maximum absolute atomic E-state index is 13.6. The Morgan fingerprint density at radius 1 is 1.05 bits per heavy atom. The molecule has 1 aliphatic heterocycles. The summed E-state index contributed by atoms with van der Waals surface area (Å²) in [6.45, 7) is 5.14. The van der Waals surface area contributed by atoms with Gasteiger partial charge in [0.1, 0.15) is 5.82 Å². The molecule has 0 aliphatic carbocycles. The van der Waals surface area contributed by atoms with Crippen LogP contribution in [0.15, 0.2) is 36.4 Å². The Kier molecular flexibility index (Phi) is 3.51. The molecule has 0 saturated heterocycles. The minimum absolute atomic E-state index is 0.286. The molecule has 0 atom stereocenters. The second kappa shape index (κ2) is 5.23. The smallest absolute Gasteiger partial charge is 0.161 e. The number of hydrogen-bond acceptors (Lipinski definition) is 2. The molecule has 0 unspecified atom stereocenters. The Bertz CT molecular complexity index is 696. The average molecular weight is 306 g/mol. The van der Waals surface area contributed by atoms with Crippen molar-refractivity contribution < 1.29 is 13.2 Å². The maximum atomic E-state index is 13.6. The summed E-state index contributed by atoms with van der Waals surface area (Å²) in [6, 6.07) is 8.59. The molecular formula is C17H17F3N2. The predicted octanol–water partition coefficient (Wildman–Crippen LogP) is 4.31. The average Bonchev–Trinajstić information content (AvgIpc) is 2.46. The predicted molar refractivity (Wildman–Crippen MR) is 81.5 cm³/mol. The minimum atomic E-state index is -0.873. The van der Waals surface area contributed by atoms with Crippen molar-refractivity contribution in [3.05, 3.63) is 59.4 Å². The first kappa shape index (κ1) is 14.8. The van der Waals surface area contributed by atoms with Gasteiger partial charge in [0, 0.05) is 25.2 Å². The van der Waals surface area contributed by atoms with Crippen molar-refractivity contribution in [2.45, 2.75) is 25.9 Å². The van der Waals surface area contributed by atoms with Gasteiger partial charge in [-0.2, -0.15) is 0 Å². The Labute approximate surface area is 127 Å². The Morgan fingerprint density at radius 3 is 2.36 bits per heavy atom. The van der Waals surface area contributed by atoms with Crippen LogP contribution in [0.1, 0.15) is 19.4 Å². The van der Waals surface area contributed by atoms with Crippen molar-refractivity contribution in [2.24, 2.45) is 0 Å². The number of rotatable bonds is 2. The highest BCUT2D eigenvalue weighted by atomic mass is 19.2. The van der Waals surface area contributed by atoms with Crippen LogP contribution in [0.5, 0.6) is 0 Å². The molecule has 1 heterocycles. The lowest BCUT2D eigenvalue weighted by Crippen LogP contribution is -2.51. The van der Waals surface area contributed by atoms with Crippen molar-refractivity contribution >= 4 is 11.4 Å². The normalized spacial score (nSPS) is 16.1. The summed E-state index contributed by atoms with van der Waals surface area (Å²) >= 11 is 0. The number of halogens is 3. The van der Waals surface area contributed by atoms with Crippen LogP contribution in [0.4, 0.5) is 24.5 Å². The Balaban J connectivity index is 2.01. The molecule has 2 nitrogen and oxygen atoms in total. The molecule has 0 bridgehead atoms. The van der Waals surface area contributed by atoms with Gasteiger partial charge in [0.25, 0.3) is 0 Å². The highest BCUT2D eigenvalue weighted by molar-refractivity contribution is 5.74. The van der Waals surface area contributed by atoms with Gasteiger partial charge >= 0.3 is 0 Å².